The molecule has 0 aliphatic carbocycles. The molecule has 0 aliphatic heterocycles. The van der Waals surface area contributed by atoms with Crippen LogP contribution in [-0.2, 0) is 16.0 Å². The van der Waals surface area contributed by atoms with Crippen LogP contribution in [0.1, 0.15) is 43.7 Å². The SMILES string of the molecule is CCn1c(C(=O)Nc2cc(C(=O)OC)cc(C(=O)OC)c2)c(C)c2ccccc21. The molecule has 29 heavy (non-hydrogen) atoms. The van der Waals surface area contributed by atoms with Crippen molar-refractivity contribution >= 4 is 34.4 Å². The van der Waals surface area contributed by atoms with Crippen molar-refractivity contribution in [2.75, 3.05) is 19.5 Å². The van der Waals surface area contributed by atoms with Crippen LogP contribution in [0.3, 0.4) is 0 Å². The quantitative estimate of drug-likeness (QED) is 0.665. The van der Waals surface area contributed by atoms with Crippen molar-refractivity contribution in [3.8, 4) is 0 Å². The standard InChI is InChI=1S/C22H22N2O5/c1-5-24-18-9-7-6-8-17(18)13(2)19(24)20(25)23-16-11-14(21(26)28-3)10-15(12-16)22(27)29-4/h6-12H,5H2,1-4H3,(H,23,25). The van der Waals surface area contributed by atoms with Crippen LogP contribution in [0.15, 0.2) is 42.5 Å². The highest BCUT2D eigenvalue weighted by molar-refractivity contribution is 6.09. The molecule has 0 unspecified atom stereocenters. The first-order valence-electron chi connectivity index (χ1n) is 9.12. The highest BCUT2D eigenvalue weighted by Gasteiger charge is 2.21. The van der Waals surface area contributed by atoms with Gasteiger partial charge in [-0.3, -0.25) is 4.79 Å². The Labute approximate surface area is 168 Å². The topological polar surface area (TPSA) is 86.6 Å². The number of carbonyl (C=O) groups is 3. The van der Waals surface area contributed by atoms with Crippen molar-refractivity contribution < 1.29 is 23.9 Å². The molecule has 0 atom stereocenters. The van der Waals surface area contributed by atoms with Crippen molar-refractivity contribution in [3.05, 3.63) is 64.8 Å². The van der Waals surface area contributed by atoms with E-state index >= 15 is 0 Å². The maximum absolute atomic E-state index is 13.1. The Morgan fingerprint density at radius 1 is 0.966 bits per heavy atom. The van der Waals surface area contributed by atoms with Crippen LogP contribution < -0.4 is 5.32 Å². The van der Waals surface area contributed by atoms with Gasteiger partial charge in [-0.2, -0.15) is 0 Å². The van der Waals surface area contributed by atoms with E-state index in [9.17, 15) is 14.4 Å². The number of anilines is 1. The molecule has 0 saturated carbocycles. The summed E-state index contributed by atoms with van der Waals surface area (Å²) in [6.45, 7) is 4.48. The minimum atomic E-state index is -0.620. The molecular formula is C22H22N2O5. The van der Waals surface area contributed by atoms with Crippen LogP contribution >= 0.6 is 0 Å². The summed E-state index contributed by atoms with van der Waals surface area (Å²) < 4.78 is 11.4. The molecule has 2 aromatic carbocycles. The smallest absolute Gasteiger partial charge is 0.337 e. The van der Waals surface area contributed by atoms with Gasteiger partial charge >= 0.3 is 11.9 Å². The number of amides is 1. The van der Waals surface area contributed by atoms with Gasteiger partial charge < -0.3 is 19.4 Å². The number of esters is 2. The third-order valence-corrected chi connectivity index (χ3v) is 4.79. The second kappa shape index (κ2) is 8.18. The predicted octanol–water partition coefficient (Wildman–Crippen LogP) is 3.80. The molecule has 150 valence electrons. The minimum absolute atomic E-state index is 0.137. The van der Waals surface area contributed by atoms with Gasteiger partial charge in [0.2, 0.25) is 0 Å². The van der Waals surface area contributed by atoms with Gasteiger partial charge in [-0.15, -0.1) is 0 Å². The lowest BCUT2D eigenvalue weighted by Crippen LogP contribution is -2.19. The number of fused-ring (bicyclic) bond motifs is 1. The van der Waals surface area contributed by atoms with Crippen LogP contribution in [0.25, 0.3) is 10.9 Å². The Hall–Kier alpha value is -3.61. The average Bonchev–Trinajstić information content (AvgIpc) is 3.04. The summed E-state index contributed by atoms with van der Waals surface area (Å²) in [7, 11) is 2.49. The molecule has 1 amide bonds. The molecule has 3 aromatic rings. The van der Waals surface area contributed by atoms with Crippen molar-refractivity contribution in [1.82, 2.24) is 4.57 Å². The lowest BCUT2D eigenvalue weighted by Gasteiger charge is -2.12. The first kappa shape index (κ1) is 20.1. The highest BCUT2D eigenvalue weighted by Crippen LogP contribution is 2.27. The van der Waals surface area contributed by atoms with Gasteiger partial charge in [0.05, 0.1) is 25.3 Å². The van der Waals surface area contributed by atoms with E-state index in [0.717, 1.165) is 16.5 Å². The van der Waals surface area contributed by atoms with E-state index in [0.29, 0.717) is 17.9 Å². The van der Waals surface area contributed by atoms with Gasteiger partial charge in [-0.25, -0.2) is 9.59 Å². The molecule has 0 fully saturated rings. The maximum atomic E-state index is 13.1. The third kappa shape index (κ3) is 3.71. The van der Waals surface area contributed by atoms with Crippen LogP contribution in [0.2, 0.25) is 0 Å². The number of hydrogen-bond acceptors (Lipinski definition) is 5. The Balaban J connectivity index is 2.05. The Morgan fingerprint density at radius 3 is 2.10 bits per heavy atom. The molecule has 1 aromatic heterocycles. The molecule has 0 radical (unpaired) electrons. The first-order valence-corrected chi connectivity index (χ1v) is 9.12. The fourth-order valence-electron chi connectivity index (χ4n) is 3.46. The summed E-state index contributed by atoms with van der Waals surface area (Å²) in [4.78, 5) is 37.1. The van der Waals surface area contributed by atoms with Crippen LogP contribution in [0.5, 0.6) is 0 Å². The van der Waals surface area contributed by atoms with E-state index in [2.05, 4.69) is 5.32 Å². The average molecular weight is 394 g/mol. The molecule has 0 saturated heterocycles. The number of methoxy groups -OCH3 is 2. The van der Waals surface area contributed by atoms with E-state index in [4.69, 9.17) is 9.47 Å². The van der Waals surface area contributed by atoms with E-state index in [1.165, 1.54) is 32.4 Å². The number of para-hydroxylation sites is 1. The summed E-state index contributed by atoms with van der Waals surface area (Å²) in [5, 5.41) is 3.80. The van der Waals surface area contributed by atoms with E-state index in [1.807, 2.05) is 42.7 Å². The van der Waals surface area contributed by atoms with Crippen molar-refractivity contribution in [2.45, 2.75) is 20.4 Å². The van der Waals surface area contributed by atoms with Crippen LogP contribution in [-0.4, -0.2) is 36.6 Å². The molecule has 0 bridgehead atoms. The molecular weight excluding hydrogens is 372 g/mol. The molecule has 0 spiro atoms. The number of aromatic nitrogens is 1. The van der Waals surface area contributed by atoms with Gasteiger partial charge in [0.25, 0.3) is 5.91 Å². The van der Waals surface area contributed by atoms with Crippen molar-refractivity contribution in [3.63, 3.8) is 0 Å². The van der Waals surface area contributed by atoms with Crippen LogP contribution in [0, 0.1) is 6.92 Å². The van der Waals surface area contributed by atoms with Crippen molar-refractivity contribution in [1.29, 1.82) is 0 Å². The Bertz CT molecular complexity index is 1080. The fraction of sp³-hybridized carbons (Fsp3) is 0.227. The lowest BCUT2D eigenvalue weighted by molar-refractivity contribution is 0.0599. The maximum Gasteiger partial charge on any atom is 0.337 e. The fourth-order valence-corrected chi connectivity index (χ4v) is 3.46. The van der Waals surface area contributed by atoms with Gasteiger partial charge in [0.1, 0.15) is 5.69 Å². The van der Waals surface area contributed by atoms with Gasteiger partial charge in [0.15, 0.2) is 0 Å². The summed E-state index contributed by atoms with van der Waals surface area (Å²) in [5.41, 5.74) is 2.92. The minimum Gasteiger partial charge on any atom is -0.465 e. The Kier molecular flexibility index (Phi) is 5.68. The molecule has 3 rings (SSSR count). The van der Waals surface area contributed by atoms with E-state index < -0.39 is 11.9 Å². The van der Waals surface area contributed by atoms with Gasteiger partial charge in [0, 0.05) is 23.1 Å². The third-order valence-electron chi connectivity index (χ3n) is 4.79. The predicted molar refractivity (Wildman–Crippen MR) is 109 cm³/mol. The zero-order valence-corrected chi connectivity index (χ0v) is 16.7. The van der Waals surface area contributed by atoms with Crippen molar-refractivity contribution in [2.24, 2.45) is 0 Å². The summed E-state index contributed by atoms with van der Waals surface area (Å²) in [5.74, 6) is -1.58. The molecule has 0 aliphatic rings. The lowest BCUT2D eigenvalue weighted by atomic mass is 10.1. The molecule has 7 nitrogen and oxygen atoms in total. The summed E-state index contributed by atoms with van der Waals surface area (Å²) in [6, 6.07) is 12.1. The molecule has 1 heterocycles. The molecule has 7 heteroatoms. The number of nitrogens with one attached hydrogen (secondary N) is 1. The normalized spacial score (nSPS) is 10.6. The van der Waals surface area contributed by atoms with Gasteiger partial charge in [-0.05, 0) is 43.7 Å². The van der Waals surface area contributed by atoms with Gasteiger partial charge in [-0.1, -0.05) is 18.2 Å². The number of carbonyl (C=O) groups excluding carboxylic acids is 3. The monoisotopic (exact) mass is 394 g/mol. The molecule has 1 N–H and O–H groups in total. The number of rotatable bonds is 5. The number of nitrogens with zero attached hydrogens (tertiary/aromatic N) is 1. The largest absolute Gasteiger partial charge is 0.465 e. The van der Waals surface area contributed by atoms with E-state index in [-0.39, 0.29) is 17.0 Å². The Morgan fingerprint density at radius 2 is 1.55 bits per heavy atom. The first-order chi connectivity index (χ1) is 13.9. The zero-order valence-electron chi connectivity index (χ0n) is 16.7. The summed E-state index contributed by atoms with van der Waals surface area (Å²) >= 11 is 0. The second-order valence-electron chi connectivity index (χ2n) is 6.47. The zero-order chi connectivity index (χ0) is 21.1. The second-order valence-corrected chi connectivity index (χ2v) is 6.47. The summed E-state index contributed by atoms with van der Waals surface area (Å²) in [6.07, 6.45) is 0. The van der Waals surface area contributed by atoms with Crippen LogP contribution in [0.4, 0.5) is 5.69 Å². The number of aryl methyl sites for hydroxylation is 2. The number of ether oxygens (including phenoxy) is 2. The highest BCUT2D eigenvalue weighted by atomic mass is 16.5. The van der Waals surface area contributed by atoms with E-state index in [1.54, 1.807) is 0 Å². The number of benzene rings is 2. The number of hydrogen-bond donors (Lipinski definition) is 1.